The highest BCUT2D eigenvalue weighted by Crippen LogP contribution is 2.12. The van der Waals surface area contributed by atoms with Crippen LogP contribution >= 0.6 is 0 Å². The molecule has 110 valence electrons. The van der Waals surface area contributed by atoms with Gasteiger partial charge in [-0.15, -0.1) is 0 Å². The second-order valence-corrected chi connectivity index (χ2v) is 6.12. The standard InChI is InChI=1S/C13H25N3O3/c1-9(2)16(12(18)19-13(3,4)5)8-10-6-14-7-11(17)15-10/h9-10,14H,6-8H2,1-5H3,(H,15,17). The lowest BCUT2D eigenvalue weighted by molar-refractivity contribution is -0.122. The van der Waals surface area contributed by atoms with Crippen LogP contribution in [0.1, 0.15) is 34.6 Å². The Morgan fingerprint density at radius 1 is 1.47 bits per heavy atom. The van der Waals surface area contributed by atoms with E-state index in [2.05, 4.69) is 10.6 Å². The molecular formula is C13H25N3O3. The van der Waals surface area contributed by atoms with E-state index in [0.29, 0.717) is 19.6 Å². The molecule has 1 saturated heterocycles. The molecule has 2 N–H and O–H groups in total. The lowest BCUT2D eigenvalue weighted by Crippen LogP contribution is -2.58. The van der Waals surface area contributed by atoms with Crippen molar-refractivity contribution in [1.29, 1.82) is 0 Å². The zero-order valence-corrected chi connectivity index (χ0v) is 12.4. The molecule has 19 heavy (non-hydrogen) atoms. The first kappa shape index (κ1) is 15.8. The van der Waals surface area contributed by atoms with Crippen LogP contribution in [-0.4, -0.2) is 54.2 Å². The van der Waals surface area contributed by atoms with Crippen molar-refractivity contribution in [3.8, 4) is 0 Å². The van der Waals surface area contributed by atoms with Crippen molar-refractivity contribution < 1.29 is 14.3 Å². The second kappa shape index (κ2) is 6.23. The van der Waals surface area contributed by atoms with Crippen molar-refractivity contribution in [3.05, 3.63) is 0 Å². The first-order valence-electron chi connectivity index (χ1n) is 6.69. The molecule has 1 atom stereocenters. The van der Waals surface area contributed by atoms with Gasteiger partial charge in [0.15, 0.2) is 0 Å². The van der Waals surface area contributed by atoms with E-state index in [9.17, 15) is 9.59 Å². The van der Waals surface area contributed by atoms with E-state index in [1.807, 2.05) is 34.6 Å². The van der Waals surface area contributed by atoms with Crippen LogP contribution in [-0.2, 0) is 9.53 Å². The molecule has 0 bridgehead atoms. The van der Waals surface area contributed by atoms with Gasteiger partial charge in [-0.3, -0.25) is 4.79 Å². The molecule has 0 saturated carbocycles. The van der Waals surface area contributed by atoms with Gasteiger partial charge in [0, 0.05) is 19.1 Å². The Labute approximate surface area is 114 Å². The van der Waals surface area contributed by atoms with E-state index in [-0.39, 0.29) is 24.1 Å². The van der Waals surface area contributed by atoms with E-state index < -0.39 is 5.60 Å². The van der Waals surface area contributed by atoms with Crippen LogP contribution in [0.2, 0.25) is 0 Å². The lowest BCUT2D eigenvalue weighted by Gasteiger charge is -2.34. The Morgan fingerprint density at radius 2 is 2.11 bits per heavy atom. The fourth-order valence-corrected chi connectivity index (χ4v) is 1.85. The van der Waals surface area contributed by atoms with Gasteiger partial charge in [-0.2, -0.15) is 0 Å². The Kier molecular flexibility index (Phi) is 5.17. The van der Waals surface area contributed by atoms with Crippen LogP contribution in [0.3, 0.4) is 0 Å². The molecule has 0 aromatic rings. The summed E-state index contributed by atoms with van der Waals surface area (Å²) in [6.45, 7) is 10.8. The number of ether oxygens (including phenoxy) is 1. The number of hydrogen-bond donors (Lipinski definition) is 2. The molecule has 1 rings (SSSR count). The highest BCUT2D eigenvalue weighted by atomic mass is 16.6. The quantitative estimate of drug-likeness (QED) is 0.793. The molecule has 1 aliphatic heterocycles. The van der Waals surface area contributed by atoms with Crippen molar-refractivity contribution in [2.75, 3.05) is 19.6 Å². The zero-order valence-electron chi connectivity index (χ0n) is 12.4. The van der Waals surface area contributed by atoms with E-state index >= 15 is 0 Å². The first-order chi connectivity index (χ1) is 8.69. The molecule has 0 spiro atoms. The second-order valence-electron chi connectivity index (χ2n) is 6.12. The van der Waals surface area contributed by atoms with Gasteiger partial charge in [0.2, 0.25) is 5.91 Å². The summed E-state index contributed by atoms with van der Waals surface area (Å²) in [7, 11) is 0. The van der Waals surface area contributed by atoms with E-state index in [1.165, 1.54) is 0 Å². The third-order valence-electron chi connectivity index (χ3n) is 2.71. The van der Waals surface area contributed by atoms with Crippen LogP contribution in [0.4, 0.5) is 4.79 Å². The summed E-state index contributed by atoms with van der Waals surface area (Å²) in [4.78, 5) is 25.1. The van der Waals surface area contributed by atoms with Crippen molar-refractivity contribution in [1.82, 2.24) is 15.5 Å². The van der Waals surface area contributed by atoms with Gasteiger partial charge in [0.25, 0.3) is 0 Å². The van der Waals surface area contributed by atoms with Gasteiger partial charge >= 0.3 is 6.09 Å². The van der Waals surface area contributed by atoms with E-state index in [0.717, 1.165) is 0 Å². The number of hydrogen-bond acceptors (Lipinski definition) is 4. The fourth-order valence-electron chi connectivity index (χ4n) is 1.85. The lowest BCUT2D eigenvalue weighted by atomic mass is 10.2. The molecule has 0 aliphatic carbocycles. The normalized spacial score (nSPS) is 20.1. The number of carbonyl (C=O) groups is 2. The van der Waals surface area contributed by atoms with Crippen LogP contribution in [0.15, 0.2) is 0 Å². The van der Waals surface area contributed by atoms with Gasteiger partial charge in [0.1, 0.15) is 5.60 Å². The topological polar surface area (TPSA) is 70.7 Å². The number of rotatable bonds is 3. The molecule has 6 nitrogen and oxygen atoms in total. The molecule has 1 aliphatic rings. The maximum Gasteiger partial charge on any atom is 0.410 e. The SMILES string of the molecule is CC(C)N(CC1CNCC(=O)N1)C(=O)OC(C)(C)C. The van der Waals surface area contributed by atoms with Gasteiger partial charge in [-0.25, -0.2) is 4.79 Å². The van der Waals surface area contributed by atoms with Crippen molar-refractivity contribution in [3.63, 3.8) is 0 Å². The maximum atomic E-state index is 12.1. The minimum absolute atomic E-state index is 0.0219. The largest absolute Gasteiger partial charge is 0.444 e. The number of amides is 2. The Bertz CT molecular complexity index is 337. The molecule has 0 aromatic heterocycles. The number of nitrogens with one attached hydrogen (secondary N) is 2. The van der Waals surface area contributed by atoms with Crippen LogP contribution in [0, 0.1) is 0 Å². The predicted molar refractivity (Wildman–Crippen MR) is 72.9 cm³/mol. The molecule has 6 heteroatoms. The fraction of sp³-hybridized carbons (Fsp3) is 0.846. The summed E-state index contributed by atoms with van der Waals surface area (Å²) in [5, 5.41) is 5.89. The summed E-state index contributed by atoms with van der Waals surface area (Å²) in [5.74, 6) is -0.0378. The van der Waals surface area contributed by atoms with Crippen molar-refractivity contribution in [2.24, 2.45) is 0 Å². The number of nitrogens with zero attached hydrogens (tertiary/aromatic N) is 1. The zero-order chi connectivity index (χ0) is 14.6. The van der Waals surface area contributed by atoms with Crippen LogP contribution in [0.5, 0.6) is 0 Å². The Balaban J connectivity index is 2.62. The smallest absolute Gasteiger partial charge is 0.410 e. The molecule has 1 fully saturated rings. The highest BCUT2D eigenvalue weighted by molar-refractivity contribution is 5.79. The van der Waals surface area contributed by atoms with Crippen molar-refractivity contribution in [2.45, 2.75) is 52.3 Å². The van der Waals surface area contributed by atoms with E-state index in [4.69, 9.17) is 4.74 Å². The Morgan fingerprint density at radius 3 is 2.58 bits per heavy atom. The summed E-state index contributed by atoms with van der Waals surface area (Å²) in [6, 6.07) is -0.0511. The first-order valence-corrected chi connectivity index (χ1v) is 6.69. The van der Waals surface area contributed by atoms with Crippen LogP contribution < -0.4 is 10.6 Å². The van der Waals surface area contributed by atoms with Gasteiger partial charge in [-0.05, 0) is 34.6 Å². The number of piperazine rings is 1. The highest BCUT2D eigenvalue weighted by Gasteiger charge is 2.28. The third kappa shape index (κ3) is 5.46. The van der Waals surface area contributed by atoms with E-state index in [1.54, 1.807) is 4.90 Å². The maximum absolute atomic E-state index is 12.1. The molecule has 0 aromatic carbocycles. The summed E-state index contributed by atoms with van der Waals surface area (Å²) in [6.07, 6.45) is -0.345. The third-order valence-corrected chi connectivity index (χ3v) is 2.71. The van der Waals surface area contributed by atoms with Crippen molar-refractivity contribution >= 4 is 12.0 Å². The molecule has 2 amide bonds. The predicted octanol–water partition coefficient (Wildman–Crippen LogP) is 0.720. The summed E-state index contributed by atoms with van der Waals surface area (Å²) < 4.78 is 5.38. The average molecular weight is 271 g/mol. The summed E-state index contributed by atoms with van der Waals surface area (Å²) in [5.41, 5.74) is -0.516. The molecule has 1 unspecified atom stereocenters. The van der Waals surface area contributed by atoms with Gasteiger partial charge in [-0.1, -0.05) is 0 Å². The monoisotopic (exact) mass is 271 g/mol. The van der Waals surface area contributed by atoms with Crippen LogP contribution in [0.25, 0.3) is 0 Å². The summed E-state index contributed by atoms with van der Waals surface area (Å²) >= 11 is 0. The molecule has 1 heterocycles. The number of carbonyl (C=O) groups excluding carboxylic acids is 2. The minimum Gasteiger partial charge on any atom is -0.444 e. The minimum atomic E-state index is -0.516. The molecule has 0 radical (unpaired) electrons. The van der Waals surface area contributed by atoms with Gasteiger partial charge in [0.05, 0.1) is 12.6 Å². The Hall–Kier alpha value is -1.30. The van der Waals surface area contributed by atoms with Gasteiger partial charge < -0.3 is 20.3 Å². The average Bonchev–Trinajstić information content (AvgIpc) is 2.23. The molecular weight excluding hydrogens is 246 g/mol.